The number of anilines is 2. The van der Waals surface area contributed by atoms with E-state index in [0.717, 1.165) is 12.8 Å². The Labute approximate surface area is 313 Å². The van der Waals surface area contributed by atoms with Crippen LogP contribution in [-0.4, -0.2) is 61.5 Å². The predicted octanol–water partition coefficient (Wildman–Crippen LogP) is 8.28. The fourth-order valence-corrected chi connectivity index (χ4v) is 8.63. The highest BCUT2D eigenvalue weighted by Crippen LogP contribution is 2.46. The zero-order chi connectivity index (χ0) is 37.1. The van der Waals surface area contributed by atoms with Gasteiger partial charge in [0.15, 0.2) is 11.5 Å². The van der Waals surface area contributed by atoms with Crippen molar-refractivity contribution < 1.29 is 28.0 Å². The number of rotatable bonds is 3. The van der Waals surface area contributed by atoms with E-state index in [-0.39, 0.29) is 23.2 Å². The summed E-state index contributed by atoms with van der Waals surface area (Å²) < 4.78 is 31.1. The summed E-state index contributed by atoms with van der Waals surface area (Å²) in [6, 6.07) is 12.6. The zero-order valence-electron chi connectivity index (χ0n) is 30.3. The van der Waals surface area contributed by atoms with Gasteiger partial charge in [0.25, 0.3) is 5.91 Å². The molecule has 0 aliphatic carbocycles. The van der Waals surface area contributed by atoms with Crippen LogP contribution in [0.25, 0.3) is 11.3 Å². The van der Waals surface area contributed by atoms with E-state index < -0.39 is 33.1 Å². The molecule has 2 amide bonds. The molecule has 50 heavy (non-hydrogen) atoms. The molecular weight excluding hydrogens is 788 g/mol. The highest BCUT2D eigenvalue weighted by molar-refractivity contribution is 14.2. The highest BCUT2D eigenvalue weighted by Gasteiger charge is 2.37. The summed E-state index contributed by atoms with van der Waals surface area (Å²) in [4.78, 5) is 35.5. The first kappa shape index (κ1) is 41.5. The fraction of sp³-hybridized carbons (Fsp3) is 0.500. The van der Waals surface area contributed by atoms with Gasteiger partial charge in [-0.25, -0.2) is 14.8 Å². The number of amides is 2. The largest absolute Gasteiger partial charge is 0.491 e. The third kappa shape index (κ3) is 11.8. The number of nitrogens with two attached hydrogens (primary N) is 1. The zero-order valence-corrected chi connectivity index (χ0v) is 34.3. The number of halogens is 1. The molecule has 3 heterocycles. The molecule has 2 aliphatic rings. The second kappa shape index (κ2) is 18.6. The average Bonchev–Trinajstić information content (AvgIpc) is 3.07. The molecule has 3 aromatic rings. The third-order valence-corrected chi connectivity index (χ3v) is 14.0. The Morgan fingerprint density at radius 1 is 1.12 bits per heavy atom. The summed E-state index contributed by atoms with van der Waals surface area (Å²) in [5.41, 5.74) is 7.61. The Morgan fingerprint density at radius 2 is 1.80 bits per heavy atom. The van der Waals surface area contributed by atoms with Crippen LogP contribution in [0.15, 0.2) is 53.6 Å². The second-order valence-electron chi connectivity index (χ2n) is 13.6. The smallest absolute Gasteiger partial charge is 0.407 e. The van der Waals surface area contributed by atoms with Crippen molar-refractivity contribution in [1.82, 2.24) is 15.3 Å². The molecule has 0 saturated carbocycles. The average molecular weight is 840 g/mol. The molecule has 11 nitrogen and oxygen atoms in total. The van der Waals surface area contributed by atoms with Crippen molar-refractivity contribution in [1.29, 1.82) is 0 Å². The van der Waals surface area contributed by atoms with Gasteiger partial charge in [-0.05, 0) is 78.3 Å². The van der Waals surface area contributed by atoms with Crippen molar-refractivity contribution >= 4 is 62.6 Å². The molecule has 2 aromatic carbocycles. The van der Waals surface area contributed by atoms with Crippen LogP contribution in [0.5, 0.6) is 5.75 Å². The van der Waals surface area contributed by atoms with E-state index in [1.165, 1.54) is 6.20 Å². The van der Waals surface area contributed by atoms with Gasteiger partial charge < -0.3 is 30.6 Å². The number of carbonyl (C=O) groups excluding carboxylic acids is 2. The monoisotopic (exact) mass is 839 g/mol. The molecule has 4 N–H and O–H groups in total. The molecule has 14 heteroatoms. The van der Waals surface area contributed by atoms with Crippen LogP contribution in [0.3, 0.4) is 0 Å². The third-order valence-electron chi connectivity index (χ3n) is 7.44. The SMILES string of the molecule is CC.CC(C)(C)OC(=O)NCc1cccc2c1OCCCCOCC(C)(PI)CC(C)(C)S(=O)c1ccc(cc1)-c1cnc(N)c(n1)C(=O)N2. The molecule has 1 aromatic heterocycles. The maximum absolute atomic E-state index is 13.8. The van der Waals surface area contributed by atoms with Gasteiger partial charge in [-0.3, -0.25) is 9.00 Å². The standard InChI is InChI=1S/C34H45IN5O6PS.C2H6/c1-32(2,3)46-31(42)38-18-23-10-9-11-25-28(23)45-17-8-7-16-44-21-34(6,47-35)20-33(4,5)48(43)24-14-12-22(13-15-24)26-19-37-29(36)27(39-26)30(41)40-25;1-2/h9-15,19,47H,7-8,16-18,20-21H2,1-6H3,(H2,36,37)(H,38,42)(H,40,41);1-2H3. The number of hydrogen-bond donors (Lipinski definition) is 3. The van der Waals surface area contributed by atoms with Crippen molar-refractivity contribution in [3.8, 4) is 17.0 Å². The Balaban J connectivity index is 0.00000332. The van der Waals surface area contributed by atoms with Crippen LogP contribution in [0.4, 0.5) is 16.3 Å². The van der Waals surface area contributed by atoms with Crippen LogP contribution < -0.4 is 21.1 Å². The van der Waals surface area contributed by atoms with E-state index in [2.05, 4.69) is 49.6 Å². The van der Waals surface area contributed by atoms with E-state index in [0.29, 0.717) is 65.6 Å². The maximum Gasteiger partial charge on any atom is 0.407 e. The minimum Gasteiger partial charge on any atom is -0.491 e. The molecule has 5 rings (SSSR count). The molecule has 3 atom stereocenters. The van der Waals surface area contributed by atoms with E-state index in [9.17, 15) is 13.8 Å². The molecule has 0 spiro atoms. The summed E-state index contributed by atoms with van der Waals surface area (Å²) in [6.45, 7) is 17.2. The van der Waals surface area contributed by atoms with Crippen molar-refractivity contribution in [2.45, 2.75) is 102 Å². The number of nitrogens with zero attached hydrogens (tertiary/aromatic N) is 2. The van der Waals surface area contributed by atoms with Crippen LogP contribution in [0.2, 0.25) is 0 Å². The first-order valence-corrected chi connectivity index (χ1v) is 22.0. The predicted molar refractivity (Wildman–Crippen MR) is 212 cm³/mol. The highest BCUT2D eigenvalue weighted by atomic mass is 127. The van der Waals surface area contributed by atoms with Crippen molar-refractivity contribution in [3.05, 3.63) is 59.9 Å². The maximum atomic E-state index is 13.8. The lowest BCUT2D eigenvalue weighted by Crippen LogP contribution is -2.38. The number of benzene rings is 2. The van der Waals surface area contributed by atoms with E-state index in [1.54, 1.807) is 32.9 Å². The van der Waals surface area contributed by atoms with Gasteiger partial charge in [-0.2, -0.15) is 0 Å². The van der Waals surface area contributed by atoms with E-state index in [4.69, 9.17) is 19.9 Å². The summed E-state index contributed by atoms with van der Waals surface area (Å²) in [7, 11) is -1.28. The van der Waals surface area contributed by atoms with Gasteiger partial charge in [0.05, 0.1) is 41.6 Å². The van der Waals surface area contributed by atoms with Crippen molar-refractivity contribution in [3.63, 3.8) is 0 Å². The first-order valence-electron chi connectivity index (χ1n) is 16.7. The summed E-state index contributed by atoms with van der Waals surface area (Å²) in [5, 5.41) is 5.51. The Bertz CT molecular complexity index is 1640. The quantitative estimate of drug-likeness (QED) is 0.175. The first-order chi connectivity index (χ1) is 23.6. The minimum absolute atomic E-state index is 0.0329. The van der Waals surface area contributed by atoms with Gasteiger partial charge in [-0.15, -0.1) is 0 Å². The summed E-state index contributed by atoms with van der Waals surface area (Å²) >= 11 is 2.41. The number of hydrogen-bond acceptors (Lipinski definition) is 9. The number of alkyl carbamates (subject to hydrolysis) is 1. The van der Waals surface area contributed by atoms with Crippen molar-refractivity contribution in [2.75, 3.05) is 30.9 Å². The van der Waals surface area contributed by atoms with Gasteiger partial charge in [0, 0.05) is 39.1 Å². The minimum atomic E-state index is -1.28. The van der Waals surface area contributed by atoms with Crippen LogP contribution in [-0.2, 0) is 26.8 Å². The number of ether oxygens (including phenoxy) is 3. The second-order valence-corrected chi connectivity index (χ2v) is 18.7. The van der Waals surface area contributed by atoms with Crippen LogP contribution in [0, 0.1) is 0 Å². The molecule has 3 unspecified atom stereocenters. The number of para-hydroxylation sites is 1. The van der Waals surface area contributed by atoms with E-state index >= 15 is 0 Å². The van der Waals surface area contributed by atoms with Gasteiger partial charge in [-0.1, -0.05) is 67.1 Å². The Kier molecular flexibility index (Phi) is 15.4. The number of nitrogens with one attached hydrogen (secondary N) is 2. The van der Waals surface area contributed by atoms with Crippen LogP contribution >= 0.6 is 28.3 Å². The molecule has 4 bridgehead atoms. The lowest BCUT2D eigenvalue weighted by Gasteiger charge is -2.35. The molecule has 0 saturated heterocycles. The molecular formula is C36H51IN5O6PS. The topological polar surface area (TPSA) is 155 Å². The lowest BCUT2D eigenvalue weighted by molar-refractivity contribution is 0.0523. The molecule has 0 fully saturated rings. The summed E-state index contributed by atoms with van der Waals surface area (Å²) in [5.74, 6) is -0.190. The number of fused-ring (bicyclic) bond motifs is 13. The molecule has 2 aliphatic heterocycles. The number of carbonyl (C=O) groups is 2. The van der Waals surface area contributed by atoms with E-state index in [1.807, 2.05) is 58.0 Å². The number of aromatic nitrogens is 2. The van der Waals surface area contributed by atoms with Gasteiger partial charge in [0.2, 0.25) is 0 Å². The summed E-state index contributed by atoms with van der Waals surface area (Å²) in [6.07, 6.45) is 3.68. The molecule has 0 radical (unpaired) electrons. The Morgan fingerprint density at radius 3 is 2.46 bits per heavy atom. The van der Waals surface area contributed by atoms with Crippen molar-refractivity contribution in [2.24, 2.45) is 0 Å². The normalized spacial score (nSPS) is 20.2. The van der Waals surface area contributed by atoms with Gasteiger partial charge >= 0.3 is 6.09 Å². The van der Waals surface area contributed by atoms with Crippen LogP contribution in [0.1, 0.15) is 90.7 Å². The lowest BCUT2D eigenvalue weighted by atomic mass is 9.98. The Hall–Kier alpha value is -2.87. The molecule has 274 valence electrons. The van der Waals surface area contributed by atoms with Gasteiger partial charge in [0.1, 0.15) is 11.4 Å². The number of nitrogen functional groups attached to an aromatic ring is 1. The fourth-order valence-electron chi connectivity index (χ4n) is 5.32.